The van der Waals surface area contributed by atoms with E-state index in [1.165, 1.54) is 56.5 Å². The lowest BCUT2D eigenvalue weighted by Crippen LogP contribution is -2.47. The van der Waals surface area contributed by atoms with E-state index in [4.69, 9.17) is 0 Å². The second-order valence-corrected chi connectivity index (χ2v) is 7.62. The molecule has 6 heteroatoms. The summed E-state index contributed by atoms with van der Waals surface area (Å²) in [6, 6.07) is 0. The third-order valence-corrected chi connectivity index (χ3v) is 5.94. The monoisotopic (exact) mass is 342 g/mol. The lowest BCUT2D eigenvalue weighted by molar-refractivity contribution is 0.129. The van der Waals surface area contributed by atoms with E-state index in [9.17, 15) is 0 Å². The number of likely N-dealkylation sites (N-methyl/N-ethyl adjacent to an activating group) is 1. The number of hydrogen-bond donors (Lipinski definition) is 1. The fraction of sp³-hybridized carbons (Fsp3) is 0.684. The first kappa shape index (κ1) is 16.8. The summed E-state index contributed by atoms with van der Waals surface area (Å²) < 4.78 is 0. The van der Waals surface area contributed by atoms with Gasteiger partial charge in [0, 0.05) is 52.0 Å². The molecule has 0 saturated carbocycles. The molecule has 0 amide bonds. The predicted molar refractivity (Wildman–Crippen MR) is 102 cm³/mol. The standard InChI is InChI=1S/C19H30N6/c1-3-16-12-20-18-17(16)19(22-14-21-18)25-6-4-15(5-7-25)13-24-10-8-23(2)9-11-24/h12,14-15H,3-11,13H2,1-2H3,(H,20,21,22). The maximum Gasteiger partial charge on any atom is 0.143 e. The second kappa shape index (κ2) is 7.30. The zero-order chi connectivity index (χ0) is 17.2. The van der Waals surface area contributed by atoms with Crippen LogP contribution in [-0.2, 0) is 6.42 Å². The molecule has 2 fully saturated rings. The van der Waals surface area contributed by atoms with Crippen LogP contribution in [0.4, 0.5) is 5.82 Å². The van der Waals surface area contributed by atoms with Crippen molar-refractivity contribution in [3.8, 4) is 0 Å². The Hall–Kier alpha value is -1.66. The van der Waals surface area contributed by atoms with E-state index in [0.717, 1.165) is 36.9 Å². The first-order valence-corrected chi connectivity index (χ1v) is 9.71. The van der Waals surface area contributed by atoms with Crippen molar-refractivity contribution in [1.29, 1.82) is 0 Å². The van der Waals surface area contributed by atoms with Crippen molar-refractivity contribution in [3.63, 3.8) is 0 Å². The fourth-order valence-corrected chi connectivity index (χ4v) is 4.25. The topological polar surface area (TPSA) is 51.3 Å². The van der Waals surface area contributed by atoms with Crippen molar-refractivity contribution in [2.45, 2.75) is 26.2 Å². The molecule has 2 aromatic rings. The van der Waals surface area contributed by atoms with Gasteiger partial charge in [-0.15, -0.1) is 0 Å². The summed E-state index contributed by atoms with van der Waals surface area (Å²) in [7, 11) is 2.23. The number of anilines is 1. The molecule has 0 unspecified atom stereocenters. The number of aromatic nitrogens is 3. The Balaban J connectivity index is 1.40. The van der Waals surface area contributed by atoms with Gasteiger partial charge in [-0.1, -0.05) is 6.92 Å². The highest BCUT2D eigenvalue weighted by Gasteiger charge is 2.25. The minimum atomic E-state index is 0.828. The van der Waals surface area contributed by atoms with Gasteiger partial charge in [-0.05, 0) is 37.8 Å². The molecule has 4 rings (SSSR count). The van der Waals surface area contributed by atoms with E-state index in [1.807, 2.05) is 0 Å². The van der Waals surface area contributed by atoms with E-state index >= 15 is 0 Å². The Morgan fingerprint density at radius 3 is 2.56 bits per heavy atom. The fourth-order valence-electron chi connectivity index (χ4n) is 4.25. The number of fused-ring (bicyclic) bond motifs is 1. The number of hydrogen-bond acceptors (Lipinski definition) is 5. The van der Waals surface area contributed by atoms with Crippen molar-refractivity contribution in [2.24, 2.45) is 5.92 Å². The SMILES string of the molecule is CCc1c[nH]c2ncnc(N3CCC(CN4CCN(C)CC4)CC3)c12. The average Bonchev–Trinajstić information content (AvgIpc) is 3.08. The van der Waals surface area contributed by atoms with Crippen LogP contribution in [0.3, 0.4) is 0 Å². The smallest absolute Gasteiger partial charge is 0.143 e. The molecule has 0 aromatic carbocycles. The molecule has 0 radical (unpaired) electrons. The first-order valence-electron chi connectivity index (χ1n) is 9.71. The van der Waals surface area contributed by atoms with Crippen molar-refractivity contribution in [2.75, 3.05) is 57.8 Å². The van der Waals surface area contributed by atoms with Crippen LogP contribution in [-0.4, -0.2) is 77.6 Å². The third kappa shape index (κ3) is 3.51. The summed E-state index contributed by atoms with van der Waals surface area (Å²) in [5.41, 5.74) is 2.30. The number of piperidine rings is 1. The Labute approximate surface area is 150 Å². The van der Waals surface area contributed by atoms with Crippen molar-refractivity contribution in [3.05, 3.63) is 18.1 Å². The summed E-state index contributed by atoms with van der Waals surface area (Å²) in [6.07, 6.45) is 7.33. The number of aryl methyl sites for hydroxylation is 1. The van der Waals surface area contributed by atoms with E-state index in [2.05, 4.69) is 49.8 Å². The molecular formula is C19H30N6. The molecule has 2 aliphatic heterocycles. The van der Waals surface area contributed by atoms with Gasteiger partial charge in [-0.3, -0.25) is 0 Å². The zero-order valence-electron chi connectivity index (χ0n) is 15.5. The molecule has 6 nitrogen and oxygen atoms in total. The Morgan fingerprint density at radius 1 is 1.08 bits per heavy atom. The molecule has 2 aliphatic rings. The highest BCUT2D eigenvalue weighted by Crippen LogP contribution is 2.30. The molecule has 0 aliphatic carbocycles. The van der Waals surface area contributed by atoms with E-state index in [-0.39, 0.29) is 0 Å². The van der Waals surface area contributed by atoms with Crippen LogP contribution in [0.15, 0.2) is 12.5 Å². The molecule has 4 heterocycles. The largest absolute Gasteiger partial charge is 0.356 e. The first-order chi connectivity index (χ1) is 12.2. The van der Waals surface area contributed by atoms with Gasteiger partial charge in [-0.2, -0.15) is 0 Å². The van der Waals surface area contributed by atoms with Crippen LogP contribution in [0, 0.1) is 5.92 Å². The predicted octanol–water partition coefficient (Wildman–Crippen LogP) is 1.98. The summed E-state index contributed by atoms with van der Waals surface area (Å²) in [5.74, 6) is 1.95. The van der Waals surface area contributed by atoms with Gasteiger partial charge in [-0.25, -0.2) is 9.97 Å². The van der Waals surface area contributed by atoms with Gasteiger partial charge in [0.05, 0.1) is 5.39 Å². The number of nitrogens with one attached hydrogen (secondary N) is 1. The molecule has 1 N–H and O–H groups in total. The number of nitrogens with zero attached hydrogens (tertiary/aromatic N) is 5. The Kier molecular flexibility index (Phi) is 4.90. The van der Waals surface area contributed by atoms with Crippen LogP contribution in [0.1, 0.15) is 25.3 Å². The van der Waals surface area contributed by atoms with Gasteiger partial charge in [0.25, 0.3) is 0 Å². The van der Waals surface area contributed by atoms with E-state index in [1.54, 1.807) is 6.33 Å². The minimum Gasteiger partial charge on any atom is -0.356 e. The van der Waals surface area contributed by atoms with Crippen LogP contribution in [0.25, 0.3) is 11.0 Å². The van der Waals surface area contributed by atoms with Crippen molar-refractivity contribution >= 4 is 16.9 Å². The number of H-pyrrole nitrogens is 1. The number of aromatic amines is 1. The average molecular weight is 342 g/mol. The number of rotatable bonds is 4. The third-order valence-electron chi connectivity index (χ3n) is 5.94. The highest BCUT2D eigenvalue weighted by atomic mass is 15.3. The van der Waals surface area contributed by atoms with Gasteiger partial charge < -0.3 is 19.7 Å². The molecule has 0 spiro atoms. The second-order valence-electron chi connectivity index (χ2n) is 7.62. The van der Waals surface area contributed by atoms with Gasteiger partial charge in [0.1, 0.15) is 17.8 Å². The molecule has 0 bridgehead atoms. The summed E-state index contributed by atoms with van der Waals surface area (Å²) in [6.45, 7) is 10.6. The summed E-state index contributed by atoms with van der Waals surface area (Å²) >= 11 is 0. The van der Waals surface area contributed by atoms with Crippen molar-refractivity contribution < 1.29 is 0 Å². The Morgan fingerprint density at radius 2 is 1.84 bits per heavy atom. The van der Waals surface area contributed by atoms with E-state index in [0.29, 0.717) is 0 Å². The van der Waals surface area contributed by atoms with Crippen LogP contribution in [0.5, 0.6) is 0 Å². The number of piperazine rings is 1. The van der Waals surface area contributed by atoms with Crippen LogP contribution >= 0.6 is 0 Å². The highest BCUT2D eigenvalue weighted by molar-refractivity contribution is 5.90. The van der Waals surface area contributed by atoms with Crippen LogP contribution in [0.2, 0.25) is 0 Å². The maximum atomic E-state index is 4.64. The lowest BCUT2D eigenvalue weighted by Gasteiger charge is -2.38. The molecule has 2 aromatic heterocycles. The quantitative estimate of drug-likeness (QED) is 0.921. The molecule has 136 valence electrons. The Bertz CT molecular complexity index is 695. The minimum absolute atomic E-state index is 0.828. The van der Waals surface area contributed by atoms with Crippen molar-refractivity contribution in [1.82, 2.24) is 24.8 Å². The van der Waals surface area contributed by atoms with Crippen LogP contribution < -0.4 is 4.90 Å². The molecule has 0 atom stereocenters. The molecule has 25 heavy (non-hydrogen) atoms. The summed E-state index contributed by atoms with van der Waals surface area (Å²) in [4.78, 5) is 19.9. The molecular weight excluding hydrogens is 312 g/mol. The van der Waals surface area contributed by atoms with Gasteiger partial charge >= 0.3 is 0 Å². The zero-order valence-corrected chi connectivity index (χ0v) is 15.5. The van der Waals surface area contributed by atoms with E-state index < -0.39 is 0 Å². The normalized spacial score (nSPS) is 21.3. The summed E-state index contributed by atoms with van der Waals surface area (Å²) in [5, 5.41) is 1.22. The molecule has 2 saturated heterocycles. The lowest BCUT2D eigenvalue weighted by atomic mass is 9.95. The van der Waals surface area contributed by atoms with Gasteiger partial charge in [0.15, 0.2) is 0 Å². The maximum absolute atomic E-state index is 4.64. The van der Waals surface area contributed by atoms with Gasteiger partial charge in [0.2, 0.25) is 0 Å².